The molecule has 0 amide bonds. The van der Waals surface area contributed by atoms with Gasteiger partial charge in [0.25, 0.3) is 0 Å². The second-order valence-corrected chi connectivity index (χ2v) is 2.04. The normalized spacial score (nSPS) is 8.50. The molecule has 0 heterocycles. The lowest BCUT2D eigenvalue weighted by atomic mass is 10.3. The van der Waals surface area contributed by atoms with Crippen molar-refractivity contribution >= 4 is 6.21 Å². The molecule has 0 unspecified atom stereocenters. The van der Waals surface area contributed by atoms with E-state index in [1.54, 1.807) is 0 Å². The number of allylic oxidation sites excluding steroid dienone is 1. The average molecular weight is 139 g/mol. The van der Waals surface area contributed by atoms with Crippen molar-refractivity contribution in [2.45, 2.75) is 13.3 Å². The van der Waals surface area contributed by atoms with E-state index in [2.05, 4.69) is 13.2 Å². The van der Waals surface area contributed by atoms with Crippen molar-refractivity contribution in [3.05, 3.63) is 24.5 Å². The van der Waals surface area contributed by atoms with Gasteiger partial charge in [-0.05, 0) is 18.7 Å². The number of hydrogen-bond donors (Lipinski definition) is 1. The van der Waals surface area contributed by atoms with Crippen LogP contribution in [0.5, 0.6) is 0 Å². The minimum Gasteiger partial charge on any atom is -0.494 e. The predicted octanol–water partition coefficient (Wildman–Crippen LogP) is 2.13. The molecule has 0 aliphatic heterocycles. The van der Waals surface area contributed by atoms with Crippen LogP contribution < -0.4 is 0 Å². The molecule has 56 valence electrons. The molecule has 0 aliphatic carbocycles. The van der Waals surface area contributed by atoms with E-state index in [1.165, 1.54) is 6.21 Å². The van der Waals surface area contributed by atoms with Crippen LogP contribution in [0.2, 0.25) is 0 Å². The van der Waals surface area contributed by atoms with Gasteiger partial charge in [-0.3, -0.25) is 0 Å². The fraction of sp³-hybridized carbons (Fsp3) is 0.375. The Morgan fingerprint density at radius 3 is 2.60 bits per heavy atom. The minimum absolute atomic E-state index is 0.523. The fourth-order valence-electron chi connectivity index (χ4n) is 0.364. The van der Waals surface area contributed by atoms with E-state index in [9.17, 15) is 0 Å². The molecule has 0 saturated heterocycles. The molecule has 0 atom stereocenters. The molecule has 0 spiro atoms. The van der Waals surface area contributed by atoms with Gasteiger partial charge < -0.3 is 10.1 Å². The Hall–Kier alpha value is -1.05. The quantitative estimate of drug-likeness (QED) is 0.269. The van der Waals surface area contributed by atoms with E-state index in [-0.39, 0.29) is 0 Å². The molecule has 2 heteroatoms. The Morgan fingerprint density at radius 1 is 1.60 bits per heavy atom. The minimum atomic E-state index is 0.523. The largest absolute Gasteiger partial charge is 0.494 e. The molecule has 1 N–H and O–H groups in total. The third-order valence-electron chi connectivity index (χ3n) is 1.01. The molecule has 0 aliphatic rings. The van der Waals surface area contributed by atoms with Crippen LogP contribution in [0.25, 0.3) is 0 Å². The first kappa shape index (κ1) is 8.95. The van der Waals surface area contributed by atoms with E-state index < -0.39 is 0 Å². The van der Waals surface area contributed by atoms with Crippen molar-refractivity contribution in [1.82, 2.24) is 0 Å². The van der Waals surface area contributed by atoms with Crippen LogP contribution in [-0.4, -0.2) is 12.8 Å². The molecule has 0 saturated carbocycles. The Bertz CT molecular complexity index is 149. The number of ether oxygens (including phenoxy) is 1. The zero-order chi connectivity index (χ0) is 7.98. The lowest BCUT2D eigenvalue weighted by molar-refractivity contribution is 0.231. The summed E-state index contributed by atoms with van der Waals surface area (Å²) in [5.41, 5.74) is 0.838. The van der Waals surface area contributed by atoms with Crippen LogP contribution in [0, 0.1) is 5.41 Å². The van der Waals surface area contributed by atoms with E-state index in [4.69, 9.17) is 10.1 Å². The van der Waals surface area contributed by atoms with Gasteiger partial charge in [-0.25, -0.2) is 0 Å². The first-order valence-corrected chi connectivity index (χ1v) is 3.15. The summed E-state index contributed by atoms with van der Waals surface area (Å²) < 4.78 is 5.10. The van der Waals surface area contributed by atoms with Crippen molar-refractivity contribution in [3.8, 4) is 0 Å². The topological polar surface area (TPSA) is 33.1 Å². The van der Waals surface area contributed by atoms with E-state index in [0.717, 1.165) is 5.57 Å². The highest BCUT2D eigenvalue weighted by Crippen LogP contribution is 2.04. The van der Waals surface area contributed by atoms with E-state index >= 15 is 0 Å². The maximum Gasteiger partial charge on any atom is 0.114 e. The molecule has 2 nitrogen and oxygen atoms in total. The van der Waals surface area contributed by atoms with Crippen molar-refractivity contribution in [3.63, 3.8) is 0 Å². The van der Waals surface area contributed by atoms with Gasteiger partial charge in [0, 0.05) is 6.42 Å². The highest BCUT2D eigenvalue weighted by molar-refractivity contribution is 5.52. The summed E-state index contributed by atoms with van der Waals surface area (Å²) in [7, 11) is 0. The number of nitrogens with one attached hydrogen (secondary N) is 1. The number of rotatable bonds is 5. The molecule has 0 aromatic rings. The first-order chi connectivity index (χ1) is 4.68. The maximum atomic E-state index is 6.70. The molecule has 10 heavy (non-hydrogen) atoms. The van der Waals surface area contributed by atoms with Gasteiger partial charge in [-0.15, -0.1) is 0 Å². The zero-order valence-corrected chi connectivity index (χ0v) is 6.31. The van der Waals surface area contributed by atoms with E-state index in [0.29, 0.717) is 18.8 Å². The Balaban J connectivity index is 3.40. The van der Waals surface area contributed by atoms with Gasteiger partial charge >= 0.3 is 0 Å². The molecular formula is C8H13NO. The van der Waals surface area contributed by atoms with Crippen LogP contribution in [0.3, 0.4) is 0 Å². The highest BCUT2D eigenvalue weighted by Gasteiger charge is 1.92. The Kier molecular flexibility index (Phi) is 4.29. The van der Waals surface area contributed by atoms with Gasteiger partial charge in [0.1, 0.15) is 5.76 Å². The molecule has 0 radical (unpaired) electrons. The van der Waals surface area contributed by atoms with Crippen LogP contribution in [-0.2, 0) is 4.74 Å². The SMILES string of the molecule is C=C(C)C(=C)OCCC=N. The van der Waals surface area contributed by atoms with Crippen LogP contribution >= 0.6 is 0 Å². The third-order valence-corrected chi connectivity index (χ3v) is 1.01. The molecule has 0 bridgehead atoms. The highest BCUT2D eigenvalue weighted by atomic mass is 16.5. The van der Waals surface area contributed by atoms with Crippen LogP contribution in [0.1, 0.15) is 13.3 Å². The fourth-order valence-corrected chi connectivity index (χ4v) is 0.364. The first-order valence-electron chi connectivity index (χ1n) is 3.15. The average Bonchev–Trinajstić information content (AvgIpc) is 1.88. The van der Waals surface area contributed by atoms with Gasteiger partial charge in [-0.2, -0.15) is 0 Å². The summed E-state index contributed by atoms with van der Waals surface area (Å²) >= 11 is 0. The smallest absolute Gasteiger partial charge is 0.114 e. The van der Waals surface area contributed by atoms with E-state index in [1.807, 2.05) is 6.92 Å². The molecular weight excluding hydrogens is 126 g/mol. The zero-order valence-electron chi connectivity index (χ0n) is 6.31. The maximum absolute atomic E-state index is 6.70. The molecule has 0 aromatic carbocycles. The van der Waals surface area contributed by atoms with Crippen molar-refractivity contribution < 1.29 is 4.74 Å². The van der Waals surface area contributed by atoms with Crippen molar-refractivity contribution in [2.24, 2.45) is 0 Å². The van der Waals surface area contributed by atoms with Gasteiger partial charge in [0.15, 0.2) is 0 Å². The summed E-state index contributed by atoms with van der Waals surface area (Å²) in [6.45, 7) is 9.64. The second-order valence-electron chi connectivity index (χ2n) is 2.04. The second kappa shape index (κ2) is 4.79. The number of hydrogen-bond acceptors (Lipinski definition) is 2. The monoisotopic (exact) mass is 139 g/mol. The van der Waals surface area contributed by atoms with Gasteiger partial charge in [0.05, 0.1) is 6.61 Å². The lowest BCUT2D eigenvalue weighted by Gasteiger charge is -2.05. The lowest BCUT2D eigenvalue weighted by Crippen LogP contribution is -1.94. The summed E-state index contributed by atoms with van der Waals surface area (Å²) in [5.74, 6) is 0.613. The van der Waals surface area contributed by atoms with Gasteiger partial charge in [0.2, 0.25) is 0 Å². The van der Waals surface area contributed by atoms with Crippen molar-refractivity contribution in [1.29, 1.82) is 5.41 Å². The summed E-state index contributed by atoms with van der Waals surface area (Å²) in [6.07, 6.45) is 1.94. The standard InChI is InChI=1S/C8H13NO/c1-7(2)8(3)10-6-4-5-9/h5,9H,1,3-4,6H2,2H3. The molecule has 0 fully saturated rings. The van der Waals surface area contributed by atoms with Crippen molar-refractivity contribution in [2.75, 3.05) is 6.61 Å². The summed E-state index contributed by atoms with van der Waals surface area (Å²) in [4.78, 5) is 0. The van der Waals surface area contributed by atoms with Crippen LogP contribution in [0.15, 0.2) is 24.5 Å². The Morgan fingerprint density at radius 2 is 2.20 bits per heavy atom. The summed E-state index contributed by atoms with van der Waals surface area (Å²) in [5, 5.41) is 6.70. The Labute approximate surface area is 61.7 Å². The van der Waals surface area contributed by atoms with Gasteiger partial charge in [-0.1, -0.05) is 13.2 Å². The molecule has 0 aromatic heterocycles. The van der Waals surface area contributed by atoms with Crippen LogP contribution in [0.4, 0.5) is 0 Å². The molecule has 0 rings (SSSR count). The summed E-state index contributed by atoms with van der Waals surface area (Å²) in [6, 6.07) is 0. The third kappa shape index (κ3) is 3.89. The predicted molar refractivity (Wildman–Crippen MR) is 43.3 cm³/mol.